The summed E-state index contributed by atoms with van der Waals surface area (Å²) in [6, 6.07) is 6.66. The van der Waals surface area contributed by atoms with E-state index in [4.69, 9.17) is 16.7 Å². The first-order valence-corrected chi connectivity index (χ1v) is 9.74. The fraction of sp³-hybridized carbons (Fsp3) is 0.316. The average molecular weight is 413 g/mol. The quantitative estimate of drug-likeness (QED) is 0.514. The number of benzene rings is 1. The van der Waals surface area contributed by atoms with Gasteiger partial charge in [0.1, 0.15) is 11.5 Å². The summed E-state index contributed by atoms with van der Waals surface area (Å²) in [5.41, 5.74) is 2.30. The summed E-state index contributed by atoms with van der Waals surface area (Å²) in [6.45, 7) is 2.13. The van der Waals surface area contributed by atoms with Crippen molar-refractivity contribution in [2.24, 2.45) is 0 Å². The molecule has 0 atom stereocenters. The highest BCUT2D eigenvalue weighted by Gasteiger charge is 2.20. The molecule has 0 saturated carbocycles. The summed E-state index contributed by atoms with van der Waals surface area (Å²) in [6.07, 6.45) is 5.73. The zero-order chi connectivity index (χ0) is 20.0. The minimum atomic E-state index is -0.491. The minimum absolute atomic E-state index is 0.0114. The van der Waals surface area contributed by atoms with Crippen molar-refractivity contribution >= 4 is 22.8 Å². The lowest BCUT2D eigenvalue weighted by molar-refractivity contribution is 0.212. The van der Waals surface area contributed by atoms with Crippen molar-refractivity contribution in [3.05, 3.63) is 47.5 Å². The summed E-state index contributed by atoms with van der Waals surface area (Å²) in [4.78, 5) is 11.3. The van der Waals surface area contributed by atoms with Crippen LogP contribution in [0.15, 0.2) is 36.7 Å². The molecule has 4 aromatic rings. The highest BCUT2D eigenvalue weighted by molar-refractivity contribution is 6.30. The smallest absolute Gasteiger partial charge is 0.187 e. The summed E-state index contributed by atoms with van der Waals surface area (Å²) in [5.74, 6) is -0.00413. The van der Waals surface area contributed by atoms with Crippen molar-refractivity contribution in [2.45, 2.75) is 18.9 Å². The van der Waals surface area contributed by atoms with Crippen LogP contribution in [-0.2, 0) is 0 Å². The van der Waals surface area contributed by atoms with Crippen molar-refractivity contribution in [2.75, 3.05) is 20.1 Å². The van der Waals surface area contributed by atoms with E-state index >= 15 is 0 Å². The molecule has 0 unspecified atom stereocenters. The number of rotatable bonds is 3. The van der Waals surface area contributed by atoms with Crippen LogP contribution in [0.2, 0.25) is 5.02 Å². The van der Waals surface area contributed by atoms with E-state index < -0.39 is 5.82 Å². The predicted molar refractivity (Wildman–Crippen MR) is 106 cm³/mol. The van der Waals surface area contributed by atoms with Gasteiger partial charge in [0.25, 0.3) is 0 Å². The van der Waals surface area contributed by atoms with Gasteiger partial charge in [-0.1, -0.05) is 16.8 Å². The molecule has 1 aliphatic rings. The third kappa shape index (κ3) is 3.36. The van der Waals surface area contributed by atoms with Crippen molar-refractivity contribution in [3.63, 3.8) is 0 Å². The van der Waals surface area contributed by atoms with Crippen molar-refractivity contribution in [1.29, 1.82) is 0 Å². The van der Waals surface area contributed by atoms with E-state index in [0.717, 1.165) is 25.9 Å². The Hall–Kier alpha value is -2.91. The first-order chi connectivity index (χ1) is 14.1. The maximum Gasteiger partial charge on any atom is 0.187 e. The van der Waals surface area contributed by atoms with E-state index in [1.165, 1.54) is 16.8 Å². The van der Waals surface area contributed by atoms with Crippen LogP contribution in [0, 0.1) is 5.82 Å². The molecule has 0 spiro atoms. The molecule has 148 valence electrons. The standard InChI is InChI=1S/C19H18ClFN8/c1-27-7-4-12(5-8-27)28-9-6-16(25-28)18-22-11-17-19(23-18)29(26-24-17)13-2-3-15(21)14(20)10-13/h2-3,6,9-12H,4-5,7-8H2,1H3. The molecule has 0 aliphatic carbocycles. The topological polar surface area (TPSA) is 77.5 Å². The number of halogens is 2. The van der Waals surface area contributed by atoms with Gasteiger partial charge in [0.2, 0.25) is 0 Å². The Bertz CT molecular complexity index is 1180. The van der Waals surface area contributed by atoms with Crippen LogP contribution < -0.4 is 0 Å². The Morgan fingerprint density at radius 3 is 2.79 bits per heavy atom. The third-order valence-corrected chi connectivity index (χ3v) is 5.53. The normalized spacial score (nSPS) is 16.0. The van der Waals surface area contributed by atoms with Crippen molar-refractivity contribution < 1.29 is 4.39 Å². The van der Waals surface area contributed by atoms with E-state index in [1.807, 2.05) is 16.9 Å². The predicted octanol–water partition coefficient (Wildman–Crippen LogP) is 3.13. The molecule has 0 radical (unpaired) electrons. The molecule has 1 fully saturated rings. The molecule has 1 saturated heterocycles. The van der Waals surface area contributed by atoms with Gasteiger partial charge in [-0.15, -0.1) is 5.10 Å². The van der Waals surface area contributed by atoms with Gasteiger partial charge in [-0.05, 0) is 57.2 Å². The van der Waals surface area contributed by atoms with Crippen LogP contribution in [0.25, 0.3) is 28.4 Å². The summed E-state index contributed by atoms with van der Waals surface area (Å²) in [5, 5.41) is 12.9. The van der Waals surface area contributed by atoms with Crippen LogP contribution in [-0.4, -0.2) is 59.8 Å². The number of hydrogen-bond acceptors (Lipinski definition) is 6. The molecule has 3 aromatic heterocycles. The average Bonchev–Trinajstić information content (AvgIpc) is 3.37. The molecule has 0 bridgehead atoms. The number of piperidine rings is 1. The van der Waals surface area contributed by atoms with Gasteiger partial charge >= 0.3 is 0 Å². The molecule has 4 heterocycles. The number of hydrogen-bond donors (Lipinski definition) is 0. The molecule has 29 heavy (non-hydrogen) atoms. The minimum Gasteiger partial charge on any atom is -0.306 e. The van der Waals surface area contributed by atoms with E-state index in [2.05, 4.69) is 32.2 Å². The van der Waals surface area contributed by atoms with Gasteiger partial charge in [-0.2, -0.15) is 9.78 Å². The largest absolute Gasteiger partial charge is 0.306 e. The van der Waals surface area contributed by atoms with E-state index in [1.54, 1.807) is 12.3 Å². The highest BCUT2D eigenvalue weighted by Crippen LogP contribution is 2.24. The molecule has 10 heteroatoms. The Labute approximate surface area is 170 Å². The van der Waals surface area contributed by atoms with Gasteiger partial charge in [0, 0.05) is 6.20 Å². The van der Waals surface area contributed by atoms with Gasteiger partial charge < -0.3 is 4.90 Å². The molecular formula is C19H18ClFN8. The lowest BCUT2D eigenvalue weighted by Crippen LogP contribution is -2.31. The summed E-state index contributed by atoms with van der Waals surface area (Å²) in [7, 11) is 2.14. The van der Waals surface area contributed by atoms with Gasteiger partial charge in [0.05, 0.1) is 22.9 Å². The Morgan fingerprint density at radius 1 is 1.17 bits per heavy atom. The van der Waals surface area contributed by atoms with E-state index in [9.17, 15) is 4.39 Å². The zero-order valence-corrected chi connectivity index (χ0v) is 16.5. The summed E-state index contributed by atoms with van der Waals surface area (Å²) >= 11 is 5.91. The number of nitrogens with zero attached hydrogens (tertiary/aromatic N) is 8. The Morgan fingerprint density at radius 2 is 2.00 bits per heavy atom. The highest BCUT2D eigenvalue weighted by atomic mass is 35.5. The molecule has 1 aliphatic heterocycles. The maximum atomic E-state index is 13.5. The van der Waals surface area contributed by atoms with E-state index in [0.29, 0.717) is 34.4 Å². The molecule has 5 rings (SSSR count). The van der Waals surface area contributed by atoms with Gasteiger partial charge in [-0.3, -0.25) is 4.68 Å². The first-order valence-electron chi connectivity index (χ1n) is 9.36. The second kappa shape index (κ2) is 7.16. The van der Waals surface area contributed by atoms with Crippen LogP contribution in [0.3, 0.4) is 0 Å². The summed E-state index contributed by atoms with van der Waals surface area (Å²) < 4.78 is 17.0. The van der Waals surface area contributed by atoms with Crippen LogP contribution in [0.1, 0.15) is 18.9 Å². The molecule has 1 aromatic carbocycles. The lowest BCUT2D eigenvalue weighted by Gasteiger charge is -2.28. The molecule has 0 N–H and O–H groups in total. The van der Waals surface area contributed by atoms with Crippen LogP contribution >= 0.6 is 11.6 Å². The monoisotopic (exact) mass is 412 g/mol. The molecule has 8 nitrogen and oxygen atoms in total. The number of fused-ring (bicyclic) bond motifs is 1. The van der Waals surface area contributed by atoms with Crippen LogP contribution in [0.4, 0.5) is 4.39 Å². The van der Waals surface area contributed by atoms with Crippen molar-refractivity contribution in [3.8, 4) is 17.2 Å². The Balaban J connectivity index is 1.49. The maximum absolute atomic E-state index is 13.5. The number of aromatic nitrogens is 7. The SMILES string of the molecule is CN1CCC(n2ccc(-c3ncc4nnn(-c5ccc(F)c(Cl)c5)c4n3)n2)CC1. The number of likely N-dealkylation sites (tertiary alicyclic amines) is 1. The zero-order valence-electron chi connectivity index (χ0n) is 15.7. The van der Waals surface area contributed by atoms with Gasteiger partial charge in [0.15, 0.2) is 17.0 Å². The fourth-order valence-corrected chi connectivity index (χ4v) is 3.74. The third-order valence-electron chi connectivity index (χ3n) is 5.24. The molecule has 0 amide bonds. The van der Waals surface area contributed by atoms with E-state index in [-0.39, 0.29) is 5.02 Å². The fourth-order valence-electron chi connectivity index (χ4n) is 3.56. The lowest BCUT2D eigenvalue weighted by atomic mass is 10.1. The molecular weight excluding hydrogens is 395 g/mol. The van der Waals surface area contributed by atoms with Crippen LogP contribution in [0.5, 0.6) is 0 Å². The van der Waals surface area contributed by atoms with Gasteiger partial charge in [-0.25, -0.2) is 14.4 Å². The first kappa shape index (κ1) is 18.1. The van der Waals surface area contributed by atoms with Crippen molar-refractivity contribution in [1.82, 2.24) is 39.6 Å². The second-order valence-corrected chi connectivity index (χ2v) is 7.62. The Kier molecular flexibility index (Phi) is 4.48. The second-order valence-electron chi connectivity index (χ2n) is 7.22.